The van der Waals surface area contributed by atoms with E-state index in [-0.39, 0.29) is 17.5 Å². The van der Waals surface area contributed by atoms with Crippen molar-refractivity contribution in [1.29, 1.82) is 0 Å². The van der Waals surface area contributed by atoms with Crippen molar-refractivity contribution in [2.75, 3.05) is 13.1 Å². The zero-order chi connectivity index (χ0) is 22.6. The molecule has 2 aliphatic rings. The van der Waals surface area contributed by atoms with Gasteiger partial charge in [0.15, 0.2) is 5.69 Å². The fraction of sp³-hybridized carbons (Fsp3) is 0.280. The molecule has 0 radical (unpaired) electrons. The first-order valence-electron chi connectivity index (χ1n) is 11.3. The summed E-state index contributed by atoms with van der Waals surface area (Å²) in [6, 6.07) is 13.1. The van der Waals surface area contributed by atoms with Crippen molar-refractivity contribution in [3.8, 4) is 17.1 Å². The third-order valence-electron chi connectivity index (χ3n) is 6.12. The highest BCUT2D eigenvalue weighted by atomic mass is 16.2. The maximum absolute atomic E-state index is 12.7. The molecule has 8 heteroatoms. The number of nitrogens with zero attached hydrogens (tertiary/aromatic N) is 5. The number of piperidine rings is 1. The van der Waals surface area contributed by atoms with Crippen molar-refractivity contribution in [2.45, 2.75) is 31.7 Å². The largest absolute Gasteiger partial charge is 0.324 e. The molecule has 0 spiro atoms. The zero-order valence-electron chi connectivity index (χ0n) is 18.3. The molecule has 0 bridgehead atoms. The van der Waals surface area contributed by atoms with E-state index in [0.29, 0.717) is 24.5 Å². The number of allylic oxidation sites excluding steroid dienone is 4. The van der Waals surface area contributed by atoms with Crippen LogP contribution in [-0.2, 0) is 0 Å². The van der Waals surface area contributed by atoms with Gasteiger partial charge in [-0.25, -0.2) is 9.48 Å². The van der Waals surface area contributed by atoms with Crippen LogP contribution in [0.1, 0.15) is 31.7 Å². The zero-order valence-corrected chi connectivity index (χ0v) is 18.3. The van der Waals surface area contributed by atoms with Gasteiger partial charge in [-0.05, 0) is 50.0 Å². The van der Waals surface area contributed by atoms with Crippen molar-refractivity contribution in [3.63, 3.8) is 0 Å². The average molecular weight is 443 g/mol. The van der Waals surface area contributed by atoms with Gasteiger partial charge in [-0.2, -0.15) is 10.2 Å². The molecule has 2 amide bonds. The Morgan fingerprint density at radius 3 is 2.64 bits per heavy atom. The van der Waals surface area contributed by atoms with E-state index in [0.717, 1.165) is 37.1 Å². The van der Waals surface area contributed by atoms with Crippen LogP contribution in [0.4, 0.5) is 4.79 Å². The van der Waals surface area contributed by atoms with Crippen LogP contribution in [-0.4, -0.2) is 43.6 Å². The molecule has 1 saturated heterocycles. The van der Waals surface area contributed by atoms with Gasteiger partial charge in [0.2, 0.25) is 5.43 Å². The minimum absolute atomic E-state index is 0.0460. The van der Waals surface area contributed by atoms with E-state index >= 15 is 0 Å². The summed E-state index contributed by atoms with van der Waals surface area (Å²) in [4.78, 5) is 27.1. The normalized spacial score (nSPS) is 16.5. The highest BCUT2D eigenvalue weighted by Crippen LogP contribution is 2.24. The van der Waals surface area contributed by atoms with Crippen molar-refractivity contribution < 1.29 is 4.79 Å². The number of amides is 2. The van der Waals surface area contributed by atoms with Crippen LogP contribution in [0.15, 0.2) is 83.6 Å². The molecule has 33 heavy (non-hydrogen) atoms. The van der Waals surface area contributed by atoms with Gasteiger partial charge in [-0.15, -0.1) is 0 Å². The minimum atomic E-state index is -0.143. The molecule has 0 saturated carbocycles. The summed E-state index contributed by atoms with van der Waals surface area (Å²) >= 11 is 0. The number of hydrogen-bond donors (Lipinski definition) is 1. The van der Waals surface area contributed by atoms with Crippen LogP contribution < -0.4 is 10.7 Å². The van der Waals surface area contributed by atoms with Gasteiger partial charge in [-0.1, -0.05) is 30.4 Å². The molecule has 1 fully saturated rings. The van der Waals surface area contributed by atoms with E-state index in [9.17, 15) is 9.59 Å². The number of urea groups is 1. The third kappa shape index (κ3) is 4.50. The topological polar surface area (TPSA) is 85.0 Å². The molecular formula is C25H26N6O2. The first-order valence-corrected chi connectivity index (χ1v) is 11.3. The Morgan fingerprint density at radius 2 is 1.88 bits per heavy atom. The first-order chi connectivity index (χ1) is 16.2. The van der Waals surface area contributed by atoms with Gasteiger partial charge in [0.25, 0.3) is 0 Å². The highest BCUT2D eigenvalue weighted by Gasteiger charge is 2.25. The second-order valence-electron chi connectivity index (χ2n) is 8.28. The van der Waals surface area contributed by atoms with Crippen LogP contribution in [0.25, 0.3) is 17.1 Å². The summed E-state index contributed by atoms with van der Waals surface area (Å²) in [5.74, 6) is 0. The molecular weight excluding hydrogens is 416 g/mol. The lowest BCUT2D eigenvalue weighted by Gasteiger charge is -2.33. The number of hydrogen-bond acceptors (Lipinski definition) is 4. The van der Waals surface area contributed by atoms with E-state index in [1.165, 1.54) is 0 Å². The predicted molar refractivity (Wildman–Crippen MR) is 126 cm³/mol. The lowest BCUT2D eigenvalue weighted by molar-refractivity contribution is 0.170. The fourth-order valence-corrected chi connectivity index (χ4v) is 4.32. The molecule has 3 heterocycles. The summed E-state index contributed by atoms with van der Waals surface area (Å²) in [6.07, 6.45) is 12.8. The molecule has 0 atom stereocenters. The summed E-state index contributed by atoms with van der Waals surface area (Å²) in [6.45, 7) is 1.29. The van der Waals surface area contributed by atoms with Crippen LogP contribution in [0, 0.1) is 0 Å². The van der Waals surface area contributed by atoms with Crippen LogP contribution in [0.3, 0.4) is 0 Å². The highest BCUT2D eigenvalue weighted by molar-refractivity contribution is 5.76. The van der Waals surface area contributed by atoms with Crippen molar-refractivity contribution in [1.82, 2.24) is 29.8 Å². The Bertz CT molecular complexity index is 1250. The third-order valence-corrected chi connectivity index (χ3v) is 6.12. The second-order valence-corrected chi connectivity index (χ2v) is 8.28. The number of aromatic nitrogens is 4. The number of benzene rings is 1. The molecule has 1 aliphatic heterocycles. The standard InChI is InChI=1S/C25H26N6O2/c32-23-14-18-30(28-24(23)22-11-15-26-31(22)21-9-5-2-6-10-21)20-12-16-29(17-13-20)25(33)27-19-7-3-1-4-8-19/h1-3,5-7,9-11,14-15,18,20H,4,8,12-13,16-17H2,(H,27,33). The monoisotopic (exact) mass is 442 g/mol. The van der Waals surface area contributed by atoms with Gasteiger partial charge < -0.3 is 10.2 Å². The summed E-state index contributed by atoms with van der Waals surface area (Å²) in [5.41, 5.74) is 2.72. The molecule has 1 aromatic carbocycles. The predicted octanol–water partition coefficient (Wildman–Crippen LogP) is 3.68. The molecule has 1 N–H and O–H groups in total. The fourth-order valence-electron chi connectivity index (χ4n) is 4.32. The van der Waals surface area contributed by atoms with Gasteiger partial charge in [-0.3, -0.25) is 9.48 Å². The summed E-state index contributed by atoms with van der Waals surface area (Å²) in [5, 5.41) is 12.1. The molecule has 168 valence electrons. The van der Waals surface area contributed by atoms with E-state index in [2.05, 4.69) is 16.5 Å². The number of rotatable bonds is 4. The maximum atomic E-state index is 12.7. The summed E-state index contributed by atoms with van der Waals surface area (Å²) in [7, 11) is 0. The van der Waals surface area contributed by atoms with Gasteiger partial charge in [0, 0.05) is 31.0 Å². The number of carbonyl (C=O) groups excluding carboxylic acids is 1. The van der Waals surface area contributed by atoms with Gasteiger partial charge >= 0.3 is 6.03 Å². The lowest BCUT2D eigenvalue weighted by Crippen LogP contribution is -2.44. The average Bonchev–Trinajstić information content (AvgIpc) is 3.35. The first kappa shape index (κ1) is 20.9. The van der Waals surface area contributed by atoms with E-state index < -0.39 is 0 Å². The van der Waals surface area contributed by atoms with Crippen molar-refractivity contribution in [2.24, 2.45) is 0 Å². The van der Waals surface area contributed by atoms with Gasteiger partial charge in [0.05, 0.1) is 23.6 Å². The van der Waals surface area contributed by atoms with Crippen LogP contribution in [0.2, 0.25) is 0 Å². The van der Waals surface area contributed by atoms with E-state index in [4.69, 9.17) is 5.10 Å². The smallest absolute Gasteiger partial charge is 0.321 e. The molecule has 3 aromatic rings. The second kappa shape index (κ2) is 9.28. The molecule has 0 unspecified atom stereocenters. The van der Waals surface area contributed by atoms with Crippen LogP contribution >= 0.6 is 0 Å². The Morgan fingerprint density at radius 1 is 1.06 bits per heavy atom. The minimum Gasteiger partial charge on any atom is -0.324 e. The lowest BCUT2D eigenvalue weighted by atomic mass is 10.1. The van der Waals surface area contributed by atoms with Gasteiger partial charge in [0.1, 0.15) is 0 Å². The quantitative estimate of drug-likeness (QED) is 0.668. The molecule has 1 aliphatic carbocycles. The number of carbonyl (C=O) groups is 1. The Hall–Kier alpha value is -3.94. The maximum Gasteiger partial charge on any atom is 0.321 e. The Balaban J connectivity index is 1.31. The Kier molecular flexibility index (Phi) is 5.89. The van der Waals surface area contributed by atoms with Crippen LogP contribution in [0.5, 0.6) is 0 Å². The number of nitrogens with one attached hydrogen (secondary N) is 1. The number of para-hydroxylation sites is 1. The molecule has 8 nitrogen and oxygen atoms in total. The van der Waals surface area contributed by atoms with E-state index in [1.807, 2.05) is 58.1 Å². The summed E-state index contributed by atoms with van der Waals surface area (Å²) < 4.78 is 3.60. The Labute approximate surface area is 191 Å². The van der Waals surface area contributed by atoms with E-state index in [1.54, 1.807) is 23.1 Å². The molecule has 2 aromatic heterocycles. The SMILES string of the molecule is O=C(NC1=CC=CCC1)N1CCC(n2ccc(=O)c(-c3ccnn3-c3ccccc3)n2)CC1. The molecule has 5 rings (SSSR count). The van der Waals surface area contributed by atoms with Crippen molar-refractivity contribution >= 4 is 6.03 Å². The number of likely N-dealkylation sites (tertiary alicyclic amines) is 1. The van der Waals surface area contributed by atoms with Crippen molar-refractivity contribution in [3.05, 3.63) is 89.0 Å².